The van der Waals surface area contributed by atoms with Crippen LogP contribution >= 0.6 is 0 Å². The fraction of sp³-hybridized carbons (Fsp3) is 0. The molecule has 0 bridgehead atoms. The van der Waals surface area contributed by atoms with Crippen LogP contribution in [0.25, 0.3) is 16.8 Å². The molecule has 96 valence electrons. The van der Waals surface area contributed by atoms with Gasteiger partial charge in [0.05, 0.1) is 4.92 Å². The van der Waals surface area contributed by atoms with Crippen LogP contribution in [0.5, 0.6) is 0 Å². The molecule has 0 saturated heterocycles. The number of aromatic nitrogens is 1. The molecule has 1 heterocycles. The van der Waals surface area contributed by atoms with Gasteiger partial charge in [-0.3, -0.25) is 15.4 Å². The number of hydrogen-bond donors (Lipinski definition) is 2. The fourth-order valence-corrected chi connectivity index (χ4v) is 1.65. The Morgan fingerprint density at radius 2 is 2.21 bits per heavy atom. The Labute approximate surface area is 107 Å². The number of nitrogens with one attached hydrogen (secondary N) is 1. The molecule has 0 aliphatic rings. The first-order valence-electron chi connectivity index (χ1n) is 5.26. The summed E-state index contributed by atoms with van der Waals surface area (Å²) in [7, 11) is 0. The smallest absolute Gasteiger partial charge is 0.410 e. The molecule has 0 atom stereocenters. The molecule has 0 aliphatic carbocycles. The van der Waals surface area contributed by atoms with E-state index in [-0.39, 0.29) is 5.82 Å². The third-order valence-electron chi connectivity index (χ3n) is 2.40. The average Bonchev–Trinajstić information content (AvgIpc) is 2.35. The summed E-state index contributed by atoms with van der Waals surface area (Å²) in [5.74, 6) is 0.231. The quantitative estimate of drug-likeness (QED) is 0.650. The monoisotopic (exact) mass is 259 g/mol. The zero-order valence-electron chi connectivity index (χ0n) is 9.61. The number of hydrogen-bond acceptors (Lipinski definition) is 4. The Kier molecular flexibility index (Phi) is 3.37. The third-order valence-corrected chi connectivity index (χ3v) is 2.40. The van der Waals surface area contributed by atoms with E-state index in [0.717, 1.165) is 11.6 Å². The Bertz CT molecular complexity index is 682. The minimum Gasteiger partial charge on any atom is -0.465 e. The second-order valence-electron chi connectivity index (χ2n) is 3.67. The van der Waals surface area contributed by atoms with Gasteiger partial charge in [-0.25, -0.2) is 9.78 Å². The number of pyridine rings is 1. The number of benzene rings is 1. The van der Waals surface area contributed by atoms with E-state index in [1.807, 2.05) is 0 Å². The topological polar surface area (TPSA) is 105 Å². The lowest BCUT2D eigenvalue weighted by atomic mass is 10.1. The predicted octanol–water partition coefficient (Wildman–Crippen LogP) is 2.57. The van der Waals surface area contributed by atoms with Crippen LogP contribution in [0.4, 0.5) is 10.6 Å². The van der Waals surface area contributed by atoms with Crippen LogP contribution in [0.3, 0.4) is 0 Å². The molecule has 2 N–H and O–H groups in total. The summed E-state index contributed by atoms with van der Waals surface area (Å²) < 4.78 is 0. The number of nitro groups is 1. The molecule has 0 radical (unpaired) electrons. The van der Waals surface area contributed by atoms with Gasteiger partial charge in [0, 0.05) is 17.7 Å². The van der Waals surface area contributed by atoms with Crippen molar-refractivity contribution in [1.29, 1.82) is 0 Å². The summed E-state index contributed by atoms with van der Waals surface area (Å²) in [4.78, 5) is 24.2. The van der Waals surface area contributed by atoms with Crippen LogP contribution in [-0.4, -0.2) is 21.1 Å². The van der Waals surface area contributed by atoms with Crippen LogP contribution in [0, 0.1) is 10.1 Å². The molecule has 19 heavy (non-hydrogen) atoms. The van der Waals surface area contributed by atoms with E-state index < -0.39 is 11.0 Å². The van der Waals surface area contributed by atoms with E-state index in [4.69, 9.17) is 5.11 Å². The van der Waals surface area contributed by atoms with Gasteiger partial charge in [-0.15, -0.1) is 0 Å². The number of carbonyl (C=O) groups is 1. The van der Waals surface area contributed by atoms with Crippen molar-refractivity contribution in [3.8, 4) is 0 Å². The lowest BCUT2D eigenvalue weighted by Crippen LogP contribution is -2.08. The summed E-state index contributed by atoms with van der Waals surface area (Å²) in [5.41, 5.74) is 0.650. The van der Waals surface area contributed by atoms with E-state index in [1.54, 1.807) is 24.3 Å². The van der Waals surface area contributed by atoms with Crippen molar-refractivity contribution in [3.05, 3.63) is 52.3 Å². The molecule has 0 unspecified atom stereocenters. The highest BCUT2D eigenvalue weighted by molar-refractivity contribution is 5.98. The molecule has 1 aromatic heterocycles. The number of rotatable bonds is 3. The van der Waals surface area contributed by atoms with Crippen molar-refractivity contribution in [1.82, 2.24) is 4.98 Å². The molecular formula is C12H9N3O4. The normalized spacial score (nSPS) is 10.7. The van der Waals surface area contributed by atoms with Crippen LogP contribution < -0.4 is 5.32 Å². The largest absolute Gasteiger partial charge is 0.465 e. The van der Waals surface area contributed by atoms with Gasteiger partial charge in [-0.1, -0.05) is 12.1 Å². The van der Waals surface area contributed by atoms with Crippen molar-refractivity contribution >= 4 is 28.8 Å². The molecule has 2 rings (SSSR count). The molecule has 2 aromatic rings. The zero-order chi connectivity index (χ0) is 13.8. The van der Waals surface area contributed by atoms with Crippen molar-refractivity contribution in [3.63, 3.8) is 0 Å². The van der Waals surface area contributed by atoms with Crippen LogP contribution in [-0.2, 0) is 0 Å². The first-order valence-corrected chi connectivity index (χ1v) is 5.26. The molecule has 7 heteroatoms. The summed E-state index contributed by atoms with van der Waals surface area (Å²) >= 11 is 0. The molecule has 1 aromatic carbocycles. The summed E-state index contributed by atoms with van der Waals surface area (Å²) in [5, 5.41) is 22.5. The van der Waals surface area contributed by atoms with E-state index in [2.05, 4.69) is 10.3 Å². The third kappa shape index (κ3) is 3.03. The SMILES string of the molecule is O=C(O)Nc1nccc2cc(C=C[N+](=O)[O-])ccc12. The summed E-state index contributed by atoms with van der Waals surface area (Å²) in [6.45, 7) is 0. The molecule has 0 aliphatic heterocycles. The maximum absolute atomic E-state index is 10.6. The minimum atomic E-state index is -1.20. The average molecular weight is 259 g/mol. The highest BCUT2D eigenvalue weighted by atomic mass is 16.6. The standard InChI is InChI=1S/C12H9N3O4/c16-12(17)14-11-10-2-1-8(4-6-15(18)19)7-9(10)3-5-13-11/h1-7H,(H,13,14)(H,16,17). The highest BCUT2D eigenvalue weighted by Crippen LogP contribution is 2.22. The van der Waals surface area contributed by atoms with Gasteiger partial charge >= 0.3 is 6.09 Å². The summed E-state index contributed by atoms with van der Waals surface area (Å²) in [6, 6.07) is 6.72. The van der Waals surface area contributed by atoms with Gasteiger partial charge in [-0.05, 0) is 23.1 Å². The van der Waals surface area contributed by atoms with E-state index in [9.17, 15) is 14.9 Å². The Morgan fingerprint density at radius 3 is 2.89 bits per heavy atom. The Hall–Kier alpha value is -2.96. The molecule has 7 nitrogen and oxygen atoms in total. The second-order valence-corrected chi connectivity index (χ2v) is 3.67. The number of carboxylic acid groups (broad SMARTS) is 1. The van der Waals surface area contributed by atoms with E-state index in [1.165, 1.54) is 12.3 Å². The Morgan fingerprint density at radius 1 is 1.42 bits per heavy atom. The van der Waals surface area contributed by atoms with Gasteiger partial charge in [0.2, 0.25) is 6.20 Å². The van der Waals surface area contributed by atoms with Gasteiger partial charge < -0.3 is 5.11 Å². The molecule has 0 spiro atoms. The lowest BCUT2D eigenvalue weighted by molar-refractivity contribution is -0.400. The van der Waals surface area contributed by atoms with Gasteiger partial charge in [-0.2, -0.15) is 0 Å². The van der Waals surface area contributed by atoms with Gasteiger partial charge in [0.15, 0.2) is 0 Å². The molecule has 1 amide bonds. The number of fused-ring (bicyclic) bond motifs is 1. The maximum Gasteiger partial charge on any atom is 0.410 e. The van der Waals surface area contributed by atoms with Crippen LogP contribution in [0.15, 0.2) is 36.7 Å². The molecule has 0 fully saturated rings. The van der Waals surface area contributed by atoms with Crippen LogP contribution in [0.2, 0.25) is 0 Å². The van der Waals surface area contributed by atoms with Gasteiger partial charge in [0.25, 0.3) is 0 Å². The fourth-order valence-electron chi connectivity index (χ4n) is 1.65. The van der Waals surface area contributed by atoms with Crippen molar-refractivity contribution < 1.29 is 14.8 Å². The molecular weight excluding hydrogens is 250 g/mol. The van der Waals surface area contributed by atoms with E-state index >= 15 is 0 Å². The van der Waals surface area contributed by atoms with Crippen molar-refractivity contribution in [2.75, 3.05) is 5.32 Å². The lowest BCUT2D eigenvalue weighted by Gasteiger charge is -2.05. The zero-order valence-corrected chi connectivity index (χ0v) is 9.61. The highest BCUT2D eigenvalue weighted by Gasteiger charge is 2.05. The van der Waals surface area contributed by atoms with E-state index in [0.29, 0.717) is 10.9 Å². The maximum atomic E-state index is 10.6. The summed E-state index contributed by atoms with van der Waals surface area (Å²) in [6.07, 6.45) is 2.48. The van der Waals surface area contributed by atoms with Crippen molar-refractivity contribution in [2.24, 2.45) is 0 Å². The minimum absolute atomic E-state index is 0.231. The van der Waals surface area contributed by atoms with Crippen LogP contribution in [0.1, 0.15) is 5.56 Å². The van der Waals surface area contributed by atoms with Crippen molar-refractivity contribution in [2.45, 2.75) is 0 Å². The number of anilines is 1. The first kappa shape index (κ1) is 12.5. The second kappa shape index (κ2) is 5.13. The molecule has 0 saturated carbocycles. The number of amides is 1. The Balaban J connectivity index is 2.44. The van der Waals surface area contributed by atoms with Gasteiger partial charge in [0.1, 0.15) is 5.82 Å². The predicted molar refractivity (Wildman–Crippen MR) is 69.4 cm³/mol. The number of nitrogens with zero attached hydrogens (tertiary/aromatic N) is 2. The first-order chi connectivity index (χ1) is 9.06.